The number of imidazole rings is 1. The van der Waals surface area contributed by atoms with Crippen LogP contribution in [0.4, 0.5) is 5.82 Å². The number of likely N-dealkylation sites (N-methyl/N-ethyl adjacent to an activating group) is 1. The first-order chi connectivity index (χ1) is 14.1. The maximum Gasteiger partial charge on any atom is 0.293 e. The highest BCUT2D eigenvalue weighted by atomic mass is 35.5. The summed E-state index contributed by atoms with van der Waals surface area (Å²) in [6.07, 6.45) is 15.8. The Hall–Kier alpha value is -2.67. The number of carbonyl (C=O) groups is 1. The molecule has 0 saturated carbocycles. The lowest BCUT2D eigenvalue weighted by atomic mass is 9.93. The van der Waals surface area contributed by atoms with Crippen LogP contribution in [-0.4, -0.2) is 45.7 Å². The first-order valence-corrected chi connectivity index (χ1v) is 10.1. The number of carbonyl (C=O) groups excluding carboxylic acids is 1. The van der Waals surface area contributed by atoms with E-state index >= 15 is 0 Å². The van der Waals surface area contributed by atoms with Crippen molar-refractivity contribution in [1.82, 2.24) is 19.5 Å². The van der Waals surface area contributed by atoms with Crippen LogP contribution in [0, 0.1) is 5.92 Å². The number of aryl methyl sites for hydroxylation is 1. The highest BCUT2D eigenvalue weighted by Gasteiger charge is 2.25. The van der Waals surface area contributed by atoms with Gasteiger partial charge in [0.2, 0.25) is 5.28 Å². The Morgan fingerprint density at radius 1 is 1.24 bits per heavy atom. The molecule has 0 bridgehead atoms. The molecular weight excluding hydrogens is 390 g/mol. The van der Waals surface area contributed by atoms with Crippen LogP contribution >= 0.6 is 11.6 Å². The molecule has 29 heavy (non-hydrogen) atoms. The second-order valence-electron chi connectivity index (χ2n) is 6.36. The van der Waals surface area contributed by atoms with E-state index in [0.717, 1.165) is 29.9 Å². The van der Waals surface area contributed by atoms with Gasteiger partial charge in [0.05, 0.1) is 19.0 Å². The zero-order valence-electron chi connectivity index (χ0n) is 17.3. The molecule has 0 radical (unpaired) electrons. The number of allylic oxidation sites excluding steroid dienone is 3. The van der Waals surface area contributed by atoms with E-state index in [1.165, 1.54) is 0 Å². The van der Waals surface area contributed by atoms with E-state index in [-0.39, 0.29) is 17.2 Å². The van der Waals surface area contributed by atoms with Gasteiger partial charge in [-0.05, 0) is 31.9 Å². The van der Waals surface area contributed by atoms with Crippen molar-refractivity contribution in [3.05, 3.63) is 48.1 Å². The van der Waals surface area contributed by atoms with Crippen molar-refractivity contribution in [3.8, 4) is 0 Å². The second-order valence-corrected chi connectivity index (χ2v) is 6.69. The Morgan fingerprint density at radius 3 is 2.62 bits per heavy atom. The van der Waals surface area contributed by atoms with Crippen LogP contribution in [0.3, 0.4) is 0 Å². The summed E-state index contributed by atoms with van der Waals surface area (Å²) in [6.45, 7) is 7.66. The van der Waals surface area contributed by atoms with Gasteiger partial charge in [0.1, 0.15) is 0 Å². The number of fused-ring (bicyclic) bond motifs is 1. The minimum absolute atomic E-state index is 0.166. The van der Waals surface area contributed by atoms with Crippen molar-refractivity contribution in [2.45, 2.75) is 39.8 Å². The van der Waals surface area contributed by atoms with Crippen molar-refractivity contribution in [1.29, 1.82) is 0 Å². The molecule has 1 aliphatic carbocycles. The molecule has 0 aliphatic heterocycles. The molecular formula is C21H28ClN5O2. The Bertz CT molecular complexity index is 891. The minimum Gasteiger partial charge on any atom is -0.468 e. The third-order valence-electron chi connectivity index (χ3n) is 4.52. The molecule has 3 rings (SSSR count). The van der Waals surface area contributed by atoms with E-state index < -0.39 is 0 Å². The van der Waals surface area contributed by atoms with Gasteiger partial charge in [-0.15, -0.1) is 0 Å². The summed E-state index contributed by atoms with van der Waals surface area (Å²) < 4.78 is 6.13. The molecule has 2 atom stereocenters. The third kappa shape index (κ3) is 5.67. The lowest BCUT2D eigenvalue weighted by molar-refractivity contribution is -0.128. The molecule has 0 spiro atoms. The first kappa shape index (κ1) is 22.6. The van der Waals surface area contributed by atoms with Gasteiger partial charge in [0, 0.05) is 19.5 Å². The maximum atomic E-state index is 9.18. The molecule has 0 aromatic carbocycles. The zero-order chi connectivity index (χ0) is 21.2. The van der Waals surface area contributed by atoms with E-state index in [4.69, 9.17) is 11.6 Å². The molecule has 2 aromatic rings. The molecule has 1 aliphatic rings. The fraction of sp³-hybridized carbons (Fsp3) is 0.429. The van der Waals surface area contributed by atoms with Gasteiger partial charge in [0.15, 0.2) is 17.0 Å². The monoisotopic (exact) mass is 417 g/mol. The van der Waals surface area contributed by atoms with E-state index in [0.29, 0.717) is 13.1 Å². The summed E-state index contributed by atoms with van der Waals surface area (Å²) in [4.78, 5) is 24.6. The highest BCUT2D eigenvalue weighted by molar-refractivity contribution is 6.28. The van der Waals surface area contributed by atoms with Crippen LogP contribution in [0.25, 0.3) is 11.2 Å². The number of ether oxygens (including phenoxy) is 1. The minimum atomic E-state index is 0.166. The predicted molar refractivity (Wildman–Crippen MR) is 117 cm³/mol. The maximum absolute atomic E-state index is 9.18. The topological polar surface area (TPSA) is 73.1 Å². The molecule has 0 saturated heterocycles. The van der Waals surface area contributed by atoms with Crippen LogP contribution in [0.15, 0.2) is 42.8 Å². The van der Waals surface area contributed by atoms with Crippen molar-refractivity contribution in [2.75, 3.05) is 18.6 Å². The zero-order valence-corrected chi connectivity index (χ0v) is 18.1. The fourth-order valence-electron chi connectivity index (χ4n) is 3.06. The number of anilines is 1. The summed E-state index contributed by atoms with van der Waals surface area (Å²) in [7, 11) is 2.03. The van der Waals surface area contributed by atoms with Crippen LogP contribution in [0.1, 0.15) is 27.2 Å². The van der Waals surface area contributed by atoms with Crippen LogP contribution in [0.2, 0.25) is 5.28 Å². The highest BCUT2D eigenvalue weighted by Crippen LogP contribution is 2.29. The van der Waals surface area contributed by atoms with E-state index in [1.54, 1.807) is 13.3 Å². The van der Waals surface area contributed by atoms with Gasteiger partial charge in [0.25, 0.3) is 6.47 Å². The van der Waals surface area contributed by atoms with Crippen LogP contribution in [-0.2, 0) is 16.1 Å². The number of nitrogens with zero attached hydrogens (tertiary/aromatic N) is 5. The summed E-state index contributed by atoms with van der Waals surface area (Å²) in [6, 6.07) is 0.166. The van der Waals surface area contributed by atoms with Gasteiger partial charge in [-0.2, -0.15) is 9.97 Å². The molecule has 156 valence electrons. The summed E-state index contributed by atoms with van der Waals surface area (Å²) >= 11 is 6.18. The molecule has 7 nitrogen and oxygen atoms in total. The van der Waals surface area contributed by atoms with Gasteiger partial charge >= 0.3 is 0 Å². The average molecular weight is 418 g/mol. The van der Waals surface area contributed by atoms with Crippen molar-refractivity contribution in [2.24, 2.45) is 5.92 Å². The number of aromatic nitrogens is 4. The number of hydrogen-bond acceptors (Lipinski definition) is 6. The van der Waals surface area contributed by atoms with Gasteiger partial charge < -0.3 is 14.2 Å². The molecule has 2 heterocycles. The smallest absolute Gasteiger partial charge is 0.293 e. The molecule has 2 aromatic heterocycles. The van der Waals surface area contributed by atoms with E-state index in [1.807, 2.05) is 11.6 Å². The Morgan fingerprint density at radius 2 is 2.00 bits per heavy atom. The van der Waals surface area contributed by atoms with Crippen molar-refractivity contribution >= 4 is 35.1 Å². The number of hydrogen-bond donors (Lipinski definition) is 0. The largest absolute Gasteiger partial charge is 0.468 e. The number of rotatable bonds is 7. The first-order valence-electron chi connectivity index (χ1n) is 9.75. The summed E-state index contributed by atoms with van der Waals surface area (Å²) in [5.41, 5.74) is 1.56. The van der Waals surface area contributed by atoms with Gasteiger partial charge in [-0.3, -0.25) is 4.79 Å². The predicted octanol–water partition coefficient (Wildman–Crippen LogP) is 4.19. The molecule has 0 amide bonds. The summed E-state index contributed by atoms with van der Waals surface area (Å²) in [5.74, 6) is 1.05. The average Bonchev–Trinajstić information content (AvgIpc) is 3.15. The standard InChI is InChI=1S/C18H22ClN5.C3H6O2/c1-4-6-9-13-10-7-8-11-14(13)23(3)16-15-17(22-18(19)21-16)24(5-2)12-20-15;1-2-5-3-4/h6-14H,4-5H2,1-3H3;3H,2H2,1H3/b9-6+;. The Kier molecular flexibility index (Phi) is 8.86. The Balaban J connectivity index is 0.000000537. The lowest BCUT2D eigenvalue weighted by Gasteiger charge is -2.32. The van der Waals surface area contributed by atoms with Gasteiger partial charge in [-0.25, -0.2) is 4.98 Å². The number of halogens is 1. The second kappa shape index (κ2) is 11.4. The van der Waals surface area contributed by atoms with Gasteiger partial charge in [-0.1, -0.05) is 43.4 Å². The SMILES string of the molecule is CC/C=C/C1C=CC=CC1N(C)c1nc(Cl)nc2c1ncn2CC.CCOC=O. The Labute approximate surface area is 176 Å². The van der Waals surface area contributed by atoms with Crippen molar-refractivity contribution in [3.63, 3.8) is 0 Å². The molecule has 8 heteroatoms. The lowest BCUT2D eigenvalue weighted by Crippen LogP contribution is -2.36. The normalized spacial score (nSPS) is 18.0. The van der Waals surface area contributed by atoms with E-state index in [2.05, 4.69) is 74.9 Å². The molecule has 0 fully saturated rings. The van der Waals surface area contributed by atoms with E-state index in [9.17, 15) is 4.79 Å². The third-order valence-corrected chi connectivity index (χ3v) is 4.69. The quantitative estimate of drug-likeness (QED) is 0.382. The summed E-state index contributed by atoms with van der Waals surface area (Å²) in [5, 5.41) is 0.246. The molecule has 2 unspecified atom stereocenters. The van der Waals surface area contributed by atoms with Crippen molar-refractivity contribution < 1.29 is 9.53 Å². The fourth-order valence-corrected chi connectivity index (χ4v) is 3.22. The molecule has 0 N–H and O–H groups in total. The van der Waals surface area contributed by atoms with Crippen LogP contribution < -0.4 is 4.90 Å². The van der Waals surface area contributed by atoms with Crippen LogP contribution in [0.5, 0.6) is 0 Å².